The van der Waals surface area contributed by atoms with Crippen molar-refractivity contribution in [3.8, 4) is 0 Å². The van der Waals surface area contributed by atoms with Gasteiger partial charge in [-0.15, -0.1) is 0 Å². The minimum atomic E-state index is 0.0939. The van der Waals surface area contributed by atoms with E-state index in [0.29, 0.717) is 6.61 Å². The lowest BCUT2D eigenvalue weighted by Gasteiger charge is -2.07. The summed E-state index contributed by atoms with van der Waals surface area (Å²) < 4.78 is 5.45. The van der Waals surface area contributed by atoms with Crippen molar-refractivity contribution in [3.63, 3.8) is 0 Å². The van der Waals surface area contributed by atoms with Crippen molar-refractivity contribution < 1.29 is 9.53 Å². The van der Waals surface area contributed by atoms with Gasteiger partial charge in [0, 0.05) is 5.56 Å². The molecular formula is C12H16O2. The standard InChI is InChI=1S/C12H16O2/c1-9(2)14-8-11-5-4-6-12(7-11)10(3)13/h4-7,9H,8H2,1-3H3. The number of hydrogen-bond acceptors (Lipinski definition) is 2. The number of Topliss-reactive ketones (excluding diaryl/α,β-unsaturated/α-hetero) is 1. The van der Waals surface area contributed by atoms with Gasteiger partial charge in [-0.3, -0.25) is 4.79 Å². The van der Waals surface area contributed by atoms with Crippen LogP contribution in [-0.2, 0) is 11.3 Å². The zero-order valence-electron chi connectivity index (χ0n) is 8.91. The minimum absolute atomic E-state index is 0.0939. The molecule has 0 amide bonds. The number of carbonyl (C=O) groups excluding carboxylic acids is 1. The van der Waals surface area contributed by atoms with Crippen LogP contribution < -0.4 is 0 Å². The Morgan fingerprint density at radius 3 is 2.71 bits per heavy atom. The second kappa shape index (κ2) is 4.91. The second-order valence-electron chi connectivity index (χ2n) is 3.62. The average Bonchev–Trinajstić information content (AvgIpc) is 2.15. The predicted octanol–water partition coefficient (Wildman–Crippen LogP) is 2.81. The third kappa shape index (κ3) is 3.30. The normalized spacial score (nSPS) is 10.6. The Bertz CT molecular complexity index is 316. The molecule has 0 radical (unpaired) electrons. The lowest BCUT2D eigenvalue weighted by atomic mass is 10.1. The van der Waals surface area contributed by atoms with Gasteiger partial charge < -0.3 is 4.74 Å². The predicted molar refractivity (Wildman–Crippen MR) is 56.4 cm³/mol. The largest absolute Gasteiger partial charge is 0.374 e. The summed E-state index contributed by atoms with van der Waals surface area (Å²) in [6, 6.07) is 7.55. The topological polar surface area (TPSA) is 26.3 Å². The van der Waals surface area contributed by atoms with Crippen LogP contribution in [0.25, 0.3) is 0 Å². The number of rotatable bonds is 4. The summed E-state index contributed by atoms with van der Waals surface area (Å²) in [6.07, 6.45) is 0.219. The van der Waals surface area contributed by atoms with E-state index in [4.69, 9.17) is 4.74 Å². The molecule has 0 fully saturated rings. The Hall–Kier alpha value is -1.15. The van der Waals surface area contributed by atoms with Gasteiger partial charge in [0.1, 0.15) is 0 Å². The van der Waals surface area contributed by atoms with Crippen LogP contribution in [0.5, 0.6) is 0 Å². The summed E-state index contributed by atoms with van der Waals surface area (Å²) in [5.41, 5.74) is 1.79. The van der Waals surface area contributed by atoms with Gasteiger partial charge in [0.25, 0.3) is 0 Å². The molecule has 0 N–H and O–H groups in total. The number of ketones is 1. The van der Waals surface area contributed by atoms with Crippen molar-refractivity contribution in [3.05, 3.63) is 35.4 Å². The van der Waals surface area contributed by atoms with Gasteiger partial charge in [-0.2, -0.15) is 0 Å². The fourth-order valence-corrected chi connectivity index (χ4v) is 1.14. The van der Waals surface area contributed by atoms with Gasteiger partial charge in [0.05, 0.1) is 12.7 Å². The Balaban J connectivity index is 2.69. The SMILES string of the molecule is CC(=O)c1cccc(COC(C)C)c1. The van der Waals surface area contributed by atoms with Gasteiger partial charge in [0.2, 0.25) is 0 Å². The average molecular weight is 192 g/mol. The van der Waals surface area contributed by atoms with Gasteiger partial charge in [-0.25, -0.2) is 0 Å². The first-order valence-electron chi connectivity index (χ1n) is 4.81. The van der Waals surface area contributed by atoms with Crippen LogP contribution in [0.2, 0.25) is 0 Å². The Kier molecular flexibility index (Phi) is 3.84. The maximum absolute atomic E-state index is 11.1. The van der Waals surface area contributed by atoms with E-state index < -0.39 is 0 Å². The highest BCUT2D eigenvalue weighted by molar-refractivity contribution is 5.94. The molecule has 0 unspecified atom stereocenters. The molecular weight excluding hydrogens is 176 g/mol. The summed E-state index contributed by atoms with van der Waals surface area (Å²) in [6.45, 7) is 6.13. The molecule has 0 heterocycles. The van der Waals surface area contributed by atoms with Crippen LogP contribution in [0.3, 0.4) is 0 Å². The third-order valence-electron chi connectivity index (χ3n) is 1.92. The fraction of sp³-hybridized carbons (Fsp3) is 0.417. The molecule has 0 spiro atoms. The summed E-state index contributed by atoms with van der Waals surface area (Å²) >= 11 is 0. The fourth-order valence-electron chi connectivity index (χ4n) is 1.14. The van der Waals surface area contributed by atoms with Crippen LogP contribution in [0.1, 0.15) is 36.7 Å². The second-order valence-corrected chi connectivity index (χ2v) is 3.62. The van der Waals surface area contributed by atoms with Crippen LogP contribution in [0.4, 0.5) is 0 Å². The Labute approximate surface area is 84.9 Å². The maximum atomic E-state index is 11.1. The smallest absolute Gasteiger partial charge is 0.159 e. The number of carbonyl (C=O) groups is 1. The molecule has 0 bridgehead atoms. The van der Waals surface area contributed by atoms with Crippen LogP contribution in [0, 0.1) is 0 Å². The molecule has 14 heavy (non-hydrogen) atoms. The maximum Gasteiger partial charge on any atom is 0.159 e. The lowest BCUT2D eigenvalue weighted by Crippen LogP contribution is -2.03. The molecule has 2 heteroatoms. The van der Waals surface area contributed by atoms with Crippen molar-refractivity contribution in [1.82, 2.24) is 0 Å². The van der Waals surface area contributed by atoms with Crippen molar-refractivity contribution in [2.24, 2.45) is 0 Å². The zero-order chi connectivity index (χ0) is 10.6. The molecule has 0 saturated heterocycles. The Morgan fingerprint density at radius 2 is 2.14 bits per heavy atom. The van der Waals surface area contributed by atoms with Gasteiger partial charge in [-0.1, -0.05) is 18.2 Å². The summed E-state index contributed by atoms with van der Waals surface area (Å²) in [5, 5.41) is 0. The van der Waals surface area contributed by atoms with Crippen molar-refractivity contribution in [2.45, 2.75) is 33.5 Å². The first-order valence-corrected chi connectivity index (χ1v) is 4.81. The molecule has 0 aliphatic rings. The van der Waals surface area contributed by atoms with E-state index in [9.17, 15) is 4.79 Å². The highest BCUT2D eigenvalue weighted by atomic mass is 16.5. The minimum Gasteiger partial charge on any atom is -0.374 e. The number of ether oxygens (including phenoxy) is 1. The summed E-state index contributed by atoms with van der Waals surface area (Å²) in [7, 11) is 0. The molecule has 0 atom stereocenters. The lowest BCUT2D eigenvalue weighted by molar-refractivity contribution is 0.0657. The van der Waals surface area contributed by atoms with E-state index in [0.717, 1.165) is 11.1 Å². The molecule has 0 saturated carbocycles. The molecule has 2 nitrogen and oxygen atoms in total. The third-order valence-corrected chi connectivity index (χ3v) is 1.92. The molecule has 0 aliphatic heterocycles. The molecule has 1 aromatic carbocycles. The molecule has 1 rings (SSSR count). The molecule has 0 aromatic heterocycles. The van der Waals surface area contributed by atoms with Crippen LogP contribution in [0.15, 0.2) is 24.3 Å². The highest BCUT2D eigenvalue weighted by Crippen LogP contribution is 2.08. The van der Waals surface area contributed by atoms with E-state index in [2.05, 4.69) is 0 Å². The van der Waals surface area contributed by atoms with Crippen molar-refractivity contribution in [2.75, 3.05) is 0 Å². The Morgan fingerprint density at radius 1 is 1.43 bits per heavy atom. The van der Waals surface area contributed by atoms with Gasteiger partial charge in [0.15, 0.2) is 5.78 Å². The number of benzene rings is 1. The van der Waals surface area contributed by atoms with Crippen LogP contribution >= 0.6 is 0 Å². The quantitative estimate of drug-likeness (QED) is 0.686. The molecule has 0 aliphatic carbocycles. The van der Waals surface area contributed by atoms with E-state index in [-0.39, 0.29) is 11.9 Å². The molecule has 76 valence electrons. The van der Waals surface area contributed by atoms with Crippen molar-refractivity contribution in [1.29, 1.82) is 0 Å². The highest BCUT2D eigenvalue weighted by Gasteiger charge is 2.01. The van der Waals surface area contributed by atoms with E-state index in [1.807, 2.05) is 38.1 Å². The van der Waals surface area contributed by atoms with Crippen LogP contribution in [-0.4, -0.2) is 11.9 Å². The molecule has 1 aromatic rings. The number of hydrogen-bond donors (Lipinski definition) is 0. The van der Waals surface area contributed by atoms with E-state index in [1.54, 1.807) is 6.92 Å². The zero-order valence-corrected chi connectivity index (χ0v) is 8.91. The van der Waals surface area contributed by atoms with E-state index in [1.165, 1.54) is 0 Å². The van der Waals surface area contributed by atoms with Gasteiger partial charge in [-0.05, 0) is 32.4 Å². The van der Waals surface area contributed by atoms with E-state index >= 15 is 0 Å². The first-order chi connectivity index (χ1) is 6.59. The monoisotopic (exact) mass is 192 g/mol. The summed E-state index contributed by atoms with van der Waals surface area (Å²) in [4.78, 5) is 11.1. The van der Waals surface area contributed by atoms with Crippen molar-refractivity contribution >= 4 is 5.78 Å². The first kappa shape index (κ1) is 10.9. The summed E-state index contributed by atoms with van der Waals surface area (Å²) in [5.74, 6) is 0.0939. The van der Waals surface area contributed by atoms with Gasteiger partial charge >= 0.3 is 0 Å².